The number of anilines is 1. The van der Waals surface area contributed by atoms with Crippen molar-refractivity contribution < 1.29 is 0 Å². The zero-order valence-corrected chi connectivity index (χ0v) is 12.6. The number of nitrogens with one attached hydrogen (secondary N) is 1. The molecule has 2 aromatic rings. The Morgan fingerprint density at radius 2 is 2.24 bits per heavy atom. The smallest absolute Gasteiger partial charge is 0.0648 e. The standard InChI is InChI=1S/C13H13BrClNS/c1-2-11(13-4-3-7-17-13)16-12-6-5-9(14)8-10(12)15/h3-8,11,16H,2H2,1H3. The van der Waals surface area contributed by atoms with E-state index in [1.165, 1.54) is 4.88 Å². The van der Waals surface area contributed by atoms with Crippen molar-refractivity contribution in [1.82, 2.24) is 0 Å². The van der Waals surface area contributed by atoms with Gasteiger partial charge >= 0.3 is 0 Å². The van der Waals surface area contributed by atoms with Crippen LogP contribution in [-0.4, -0.2) is 0 Å². The van der Waals surface area contributed by atoms with Crippen LogP contribution in [-0.2, 0) is 0 Å². The fourth-order valence-corrected chi connectivity index (χ4v) is 3.25. The molecule has 1 unspecified atom stereocenters. The van der Waals surface area contributed by atoms with Crippen molar-refractivity contribution in [2.24, 2.45) is 0 Å². The third kappa shape index (κ3) is 3.24. The molecule has 0 aliphatic carbocycles. The van der Waals surface area contributed by atoms with E-state index >= 15 is 0 Å². The molecule has 0 fully saturated rings. The van der Waals surface area contributed by atoms with E-state index in [1.54, 1.807) is 11.3 Å². The number of hydrogen-bond acceptors (Lipinski definition) is 2. The van der Waals surface area contributed by atoms with E-state index < -0.39 is 0 Å². The second kappa shape index (κ2) is 5.89. The lowest BCUT2D eigenvalue weighted by Crippen LogP contribution is -2.08. The summed E-state index contributed by atoms with van der Waals surface area (Å²) in [5, 5.41) is 6.33. The van der Waals surface area contributed by atoms with Crippen molar-refractivity contribution in [1.29, 1.82) is 0 Å². The number of rotatable bonds is 4. The molecule has 1 aromatic heterocycles. The fraction of sp³-hybridized carbons (Fsp3) is 0.231. The molecule has 2 rings (SSSR count). The Morgan fingerprint density at radius 1 is 1.41 bits per heavy atom. The molecule has 0 aliphatic rings. The highest BCUT2D eigenvalue weighted by atomic mass is 79.9. The molecule has 1 N–H and O–H groups in total. The quantitative estimate of drug-likeness (QED) is 0.755. The normalized spacial score (nSPS) is 12.4. The van der Waals surface area contributed by atoms with Crippen LogP contribution in [0.4, 0.5) is 5.69 Å². The predicted molar refractivity (Wildman–Crippen MR) is 80.1 cm³/mol. The van der Waals surface area contributed by atoms with E-state index in [-0.39, 0.29) is 0 Å². The number of hydrogen-bond donors (Lipinski definition) is 1. The van der Waals surface area contributed by atoms with Gasteiger partial charge in [0, 0.05) is 9.35 Å². The first kappa shape index (κ1) is 12.9. The first-order chi connectivity index (χ1) is 8.20. The maximum absolute atomic E-state index is 6.20. The van der Waals surface area contributed by atoms with Gasteiger partial charge in [-0.05, 0) is 36.1 Å². The molecule has 90 valence electrons. The minimum atomic E-state index is 0.327. The van der Waals surface area contributed by atoms with Crippen LogP contribution in [0.3, 0.4) is 0 Å². The molecule has 1 nitrogen and oxygen atoms in total. The number of thiophene rings is 1. The average Bonchev–Trinajstić information content (AvgIpc) is 2.81. The van der Waals surface area contributed by atoms with Gasteiger partial charge in [0.15, 0.2) is 0 Å². The maximum atomic E-state index is 6.20. The monoisotopic (exact) mass is 329 g/mol. The van der Waals surface area contributed by atoms with Crippen molar-refractivity contribution in [3.8, 4) is 0 Å². The van der Waals surface area contributed by atoms with E-state index in [2.05, 4.69) is 45.7 Å². The van der Waals surface area contributed by atoms with Crippen LogP contribution in [0, 0.1) is 0 Å². The Hall–Kier alpha value is -0.510. The molecule has 1 atom stereocenters. The van der Waals surface area contributed by atoms with Crippen molar-refractivity contribution in [2.45, 2.75) is 19.4 Å². The Bertz CT molecular complexity index is 484. The topological polar surface area (TPSA) is 12.0 Å². The number of halogens is 2. The van der Waals surface area contributed by atoms with Crippen LogP contribution in [0.15, 0.2) is 40.2 Å². The summed E-state index contributed by atoms with van der Waals surface area (Å²) in [6.45, 7) is 2.17. The fourth-order valence-electron chi connectivity index (χ4n) is 1.66. The lowest BCUT2D eigenvalue weighted by molar-refractivity contribution is 0.764. The van der Waals surface area contributed by atoms with Gasteiger partial charge in [0.1, 0.15) is 0 Å². The second-order valence-electron chi connectivity index (χ2n) is 3.74. The van der Waals surface area contributed by atoms with Crippen molar-refractivity contribution >= 4 is 44.6 Å². The second-order valence-corrected chi connectivity index (χ2v) is 6.05. The van der Waals surface area contributed by atoms with E-state index in [9.17, 15) is 0 Å². The van der Waals surface area contributed by atoms with Gasteiger partial charge in [0.25, 0.3) is 0 Å². The molecule has 17 heavy (non-hydrogen) atoms. The minimum absolute atomic E-state index is 0.327. The van der Waals surface area contributed by atoms with E-state index in [4.69, 9.17) is 11.6 Å². The summed E-state index contributed by atoms with van der Waals surface area (Å²) in [5.41, 5.74) is 0.982. The maximum Gasteiger partial charge on any atom is 0.0648 e. The molecule has 1 aromatic carbocycles. The van der Waals surface area contributed by atoms with Gasteiger partial charge in [-0.2, -0.15) is 0 Å². The van der Waals surface area contributed by atoms with E-state index in [0.717, 1.165) is 21.6 Å². The third-order valence-corrected chi connectivity index (χ3v) is 4.35. The van der Waals surface area contributed by atoms with E-state index in [0.29, 0.717) is 6.04 Å². The molecule has 0 saturated carbocycles. The van der Waals surface area contributed by atoms with Crippen molar-refractivity contribution in [3.63, 3.8) is 0 Å². The van der Waals surface area contributed by atoms with Crippen molar-refractivity contribution in [2.75, 3.05) is 5.32 Å². The van der Waals surface area contributed by atoms with Gasteiger partial charge in [-0.15, -0.1) is 11.3 Å². The Kier molecular flexibility index (Phi) is 4.48. The third-order valence-electron chi connectivity index (χ3n) is 2.56. The highest BCUT2D eigenvalue weighted by Crippen LogP contribution is 2.31. The highest BCUT2D eigenvalue weighted by molar-refractivity contribution is 9.10. The Morgan fingerprint density at radius 3 is 2.82 bits per heavy atom. The van der Waals surface area contributed by atoms with Crippen molar-refractivity contribution in [3.05, 3.63) is 50.1 Å². The van der Waals surface area contributed by atoms with Crippen LogP contribution in [0.1, 0.15) is 24.3 Å². The summed E-state index contributed by atoms with van der Waals surface area (Å²) in [6.07, 6.45) is 1.03. The zero-order valence-electron chi connectivity index (χ0n) is 9.41. The van der Waals surface area contributed by atoms with Crippen LogP contribution in [0.25, 0.3) is 0 Å². The van der Waals surface area contributed by atoms with Gasteiger partial charge in [0.2, 0.25) is 0 Å². The molecule has 0 bridgehead atoms. The Labute approximate surface area is 119 Å². The summed E-state index contributed by atoms with van der Waals surface area (Å²) >= 11 is 11.4. The first-order valence-corrected chi connectivity index (χ1v) is 7.50. The SMILES string of the molecule is CCC(Nc1ccc(Br)cc1Cl)c1cccs1. The van der Waals surface area contributed by atoms with Crippen LogP contribution in [0.2, 0.25) is 5.02 Å². The molecule has 0 aliphatic heterocycles. The lowest BCUT2D eigenvalue weighted by atomic mass is 10.1. The van der Waals surface area contributed by atoms with Crippen LogP contribution >= 0.6 is 38.9 Å². The molecule has 0 radical (unpaired) electrons. The first-order valence-electron chi connectivity index (χ1n) is 5.45. The van der Waals surface area contributed by atoms with Gasteiger partial charge < -0.3 is 5.32 Å². The summed E-state index contributed by atoms with van der Waals surface area (Å²) < 4.78 is 0.997. The molecular formula is C13H13BrClNS. The lowest BCUT2D eigenvalue weighted by Gasteiger charge is -2.18. The summed E-state index contributed by atoms with van der Waals surface area (Å²) in [4.78, 5) is 1.34. The molecular weight excluding hydrogens is 318 g/mol. The van der Waals surface area contributed by atoms with Crippen LogP contribution in [0.5, 0.6) is 0 Å². The van der Waals surface area contributed by atoms with Gasteiger partial charge in [-0.3, -0.25) is 0 Å². The largest absolute Gasteiger partial charge is 0.376 e. The van der Waals surface area contributed by atoms with Crippen LogP contribution < -0.4 is 5.32 Å². The summed E-state index contributed by atoms with van der Waals surface area (Å²) in [5.74, 6) is 0. The minimum Gasteiger partial charge on any atom is -0.376 e. The summed E-state index contributed by atoms with van der Waals surface area (Å²) in [6, 6.07) is 10.5. The average molecular weight is 331 g/mol. The zero-order chi connectivity index (χ0) is 12.3. The van der Waals surface area contributed by atoms with Gasteiger partial charge in [-0.25, -0.2) is 0 Å². The number of benzene rings is 1. The van der Waals surface area contributed by atoms with Gasteiger partial charge in [-0.1, -0.05) is 40.5 Å². The summed E-state index contributed by atoms with van der Waals surface area (Å²) in [7, 11) is 0. The van der Waals surface area contributed by atoms with Gasteiger partial charge in [0.05, 0.1) is 16.8 Å². The van der Waals surface area contributed by atoms with E-state index in [1.807, 2.05) is 18.2 Å². The molecule has 1 heterocycles. The molecule has 0 amide bonds. The molecule has 0 spiro atoms. The molecule has 0 saturated heterocycles. The Balaban J connectivity index is 2.19. The molecule has 4 heteroatoms. The predicted octanol–water partition coefficient (Wildman–Crippen LogP) is 5.73. The highest BCUT2D eigenvalue weighted by Gasteiger charge is 2.11.